The monoisotopic (exact) mass is 700 g/mol. The second-order valence-electron chi connectivity index (χ2n) is 10.3. The van der Waals surface area contributed by atoms with Gasteiger partial charge in [-0.15, -0.1) is 0 Å². The van der Waals surface area contributed by atoms with E-state index < -0.39 is 69.5 Å². The molecule has 10 nitrogen and oxygen atoms in total. The molecule has 0 unspecified atom stereocenters. The molecule has 0 radical (unpaired) electrons. The summed E-state index contributed by atoms with van der Waals surface area (Å²) in [5, 5.41) is 0.149. The van der Waals surface area contributed by atoms with E-state index in [9.17, 15) is 35.6 Å². The van der Waals surface area contributed by atoms with E-state index >= 15 is 0 Å². The zero-order chi connectivity index (χ0) is 34.5. The van der Waals surface area contributed by atoms with E-state index in [-0.39, 0.29) is 41.5 Å². The third-order valence-corrected chi connectivity index (χ3v) is 8.98. The number of alkyl halides is 3. The molecular formula is C31H29ClF4N2O8S. The fourth-order valence-corrected chi connectivity index (χ4v) is 6.62. The van der Waals surface area contributed by atoms with Crippen molar-refractivity contribution >= 4 is 50.9 Å². The zero-order valence-corrected chi connectivity index (χ0v) is 26.8. The highest BCUT2D eigenvalue weighted by atomic mass is 35.5. The molecule has 0 N–H and O–H groups in total. The standard InChI is InChI=1S/C31H29ClF4N2O8S/c1-18(29-23(32)5-4-6-24(29)33)13-20-7-9-26-25(14-20)38(17-22(46-26)8-10-28(40)43-3)47(41,42)27-15-21(31(34,35)36)16-37-30(27)45-12-11-44-19(2)39/h4-7,9,13-16,22H,8,10-12,17H2,1-3H3/b18-13+/t22-/m0/s1. The summed E-state index contributed by atoms with van der Waals surface area (Å²) in [6.07, 6.45) is -4.02. The van der Waals surface area contributed by atoms with E-state index in [1.54, 1.807) is 19.1 Å². The molecule has 0 aliphatic carbocycles. The minimum Gasteiger partial charge on any atom is -0.486 e. The van der Waals surface area contributed by atoms with Crippen LogP contribution < -0.4 is 13.8 Å². The van der Waals surface area contributed by atoms with Crippen molar-refractivity contribution in [1.82, 2.24) is 4.98 Å². The minimum absolute atomic E-state index is 0.0112. The summed E-state index contributed by atoms with van der Waals surface area (Å²) in [5.41, 5.74) is -0.490. The first-order valence-electron chi connectivity index (χ1n) is 14.0. The number of carbonyl (C=O) groups is 2. The van der Waals surface area contributed by atoms with Gasteiger partial charge in [-0.25, -0.2) is 17.8 Å². The van der Waals surface area contributed by atoms with Crippen LogP contribution in [0.5, 0.6) is 11.6 Å². The Balaban J connectivity index is 1.82. The zero-order valence-electron chi connectivity index (χ0n) is 25.3. The van der Waals surface area contributed by atoms with Crippen LogP contribution in [-0.4, -0.2) is 58.3 Å². The Labute approximate surface area is 272 Å². The lowest BCUT2D eigenvalue weighted by Crippen LogP contribution is -2.44. The van der Waals surface area contributed by atoms with Gasteiger partial charge in [0.1, 0.15) is 30.9 Å². The van der Waals surface area contributed by atoms with Gasteiger partial charge in [0.15, 0.2) is 4.90 Å². The van der Waals surface area contributed by atoms with Crippen LogP contribution >= 0.6 is 11.6 Å². The van der Waals surface area contributed by atoms with Crippen molar-refractivity contribution in [3.8, 4) is 11.6 Å². The van der Waals surface area contributed by atoms with E-state index in [0.717, 1.165) is 11.2 Å². The SMILES string of the molecule is COC(=O)CC[C@H]1CN(S(=O)(=O)c2cc(C(F)(F)F)cnc2OCCOC(C)=O)c2cc(/C=C(\C)c3c(F)cccc3Cl)ccc2O1. The van der Waals surface area contributed by atoms with Gasteiger partial charge in [-0.1, -0.05) is 29.8 Å². The number of allylic oxidation sites excluding steroid dienone is 1. The van der Waals surface area contributed by atoms with Crippen LogP contribution in [-0.2, 0) is 35.3 Å². The van der Waals surface area contributed by atoms with Gasteiger partial charge < -0.3 is 18.9 Å². The van der Waals surface area contributed by atoms with Crippen molar-refractivity contribution in [2.45, 2.75) is 43.9 Å². The van der Waals surface area contributed by atoms with Crippen LogP contribution in [0.1, 0.15) is 43.4 Å². The molecule has 1 aromatic heterocycles. The van der Waals surface area contributed by atoms with Crippen molar-refractivity contribution in [3.63, 3.8) is 0 Å². The number of aromatic nitrogens is 1. The minimum atomic E-state index is -4.96. The molecule has 0 saturated heterocycles. The Bertz CT molecular complexity index is 1780. The maximum absolute atomic E-state index is 14.6. The molecule has 47 heavy (non-hydrogen) atoms. The van der Waals surface area contributed by atoms with Gasteiger partial charge in [-0.2, -0.15) is 13.2 Å². The summed E-state index contributed by atoms with van der Waals surface area (Å²) in [6.45, 7) is 1.59. The van der Waals surface area contributed by atoms with E-state index in [1.807, 2.05) is 0 Å². The predicted molar refractivity (Wildman–Crippen MR) is 163 cm³/mol. The number of hydrogen-bond acceptors (Lipinski definition) is 9. The summed E-state index contributed by atoms with van der Waals surface area (Å²) in [6, 6.07) is 9.01. The van der Waals surface area contributed by atoms with E-state index in [0.29, 0.717) is 23.4 Å². The van der Waals surface area contributed by atoms with E-state index in [1.165, 1.54) is 37.4 Å². The molecule has 2 aromatic carbocycles. The van der Waals surface area contributed by atoms with Gasteiger partial charge >= 0.3 is 18.1 Å². The largest absolute Gasteiger partial charge is 0.486 e. The lowest BCUT2D eigenvalue weighted by molar-refractivity contribution is -0.142. The van der Waals surface area contributed by atoms with E-state index in [4.69, 9.17) is 25.8 Å². The molecule has 2 heterocycles. The second-order valence-corrected chi connectivity index (χ2v) is 12.5. The van der Waals surface area contributed by atoms with Crippen LogP contribution in [0.2, 0.25) is 5.02 Å². The molecule has 1 aliphatic rings. The highest BCUT2D eigenvalue weighted by Gasteiger charge is 2.40. The van der Waals surface area contributed by atoms with Crippen molar-refractivity contribution in [2.24, 2.45) is 0 Å². The molecule has 252 valence electrons. The number of methoxy groups -OCH3 is 1. The molecule has 16 heteroatoms. The fourth-order valence-electron chi connectivity index (χ4n) is 4.70. The highest BCUT2D eigenvalue weighted by molar-refractivity contribution is 7.93. The average molecular weight is 701 g/mol. The third kappa shape index (κ3) is 8.51. The second kappa shape index (κ2) is 14.6. The molecule has 0 amide bonds. The van der Waals surface area contributed by atoms with Gasteiger partial charge in [0.2, 0.25) is 5.88 Å². The molecule has 1 aliphatic heterocycles. The number of nitrogens with zero attached hydrogens (tertiary/aromatic N) is 2. The van der Waals surface area contributed by atoms with Crippen LogP contribution in [0.25, 0.3) is 11.6 Å². The summed E-state index contributed by atoms with van der Waals surface area (Å²) in [7, 11) is -3.70. The summed E-state index contributed by atoms with van der Waals surface area (Å²) >= 11 is 6.21. The third-order valence-electron chi connectivity index (χ3n) is 6.89. The molecule has 1 atom stereocenters. The molecular weight excluding hydrogens is 672 g/mol. The molecule has 0 fully saturated rings. The fraction of sp³-hybridized carbons (Fsp3) is 0.323. The number of ether oxygens (including phenoxy) is 4. The number of halogens is 5. The lowest BCUT2D eigenvalue weighted by atomic mass is 10.0. The number of rotatable bonds is 11. The Morgan fingerprint density at radius 1 is 1.15 bits per heavy atom. The first-order chi connectivity index (χ1) is 22.1. The Morgan fingerprint density at radius 3 is 2.55 bits per heavy atom. The number of sulfonamides is 1. The number of esters is 2. The number of fused-ring (bicyclic) bond motifs is 1. The summed E-state index contributed by atoms with van der Waals surface area (Å²) in [5.74, 6) is -2.43. The Hall–Kier alpha value is -4.37. The molecule has 0 bridgehead atoms. The number of hydrogen-bond donors (Lipinski definition) is 0. The summed E-state index contributed by atoms with van der Waals surface area (Å²) < 4.78 is 106. The Kier molecular flexibility index (Phi) is 11.0. The predicted octanol–water partition coefficient (Wildman–Crippen LogP) is 6.30. The van der Waals surface area contributed by atoms with Gasteiger partial charge in [0.05, 0.1) is 29.9 Å². The quantitative estimate of drug-likeness (QED) is 0.0981. The Morgan fingerprint density at radius 2 is 1.89 bits per heavy atom. The maximum atomic E-state index is 14.6. The van der Waals surface area contributed by atoms with Crippen LogP contribution in [0.15, 0.2) is 53.6 Å². The first-order valence-corrected chi connectivity index (χ1v) is 15.8. The molecule has 4 rings (SSSR count). The van der Waals surface area contributed by atoms with Gasteiger partial charge in [0, 0.05) is 25.1 Å². The highest BCUT2D eigenvalue weighted by Crippen LogP contribution is 2.42. The van der Waals surface area contributed by atoms with Crippen molar-refractivity contribution in [2.75, 3.05) is 31.2 Å². The molecule has 0 saturated carbocycles. The lowest BCUT2D eigenvalue weighted by Gasteiger charge is -2.36. The topological polar surface area (TPSA) is 121 Å². The maximum Gasteiger partial charge on any atom is 0.417 e. The first kappa shape index (κ1) is 35.5. The number of pyridine rings is 1. The smallest absolute Gasteiger partial charge is 0.417 e. The van der Waals surface area contributed by atoms with E-state index in [2.05, 4.69) is 9.72 Å². The molecule has 0 spiro atoms. The van der Waals surface area contributed by atoms with Crippen molar-refractivity contribution < 1.29 is 54.5 Å². The number of carbonyl (C=O) groups excluding carboxylic acids is 2. The van der Waals surface area contributed by atoms with Crippen LogP contribution in [0, 0.1) is 5.82 Å². The molecule has 3 aromatic rings. The van der Waals surface area contributed by atoms with Gasteiger partial charge in [-0.3, -0.25) is 13.9 Å². The normalized spacial score (nSPS) is 15.0. The van der Waals surface area contributed by atoms with Crippen LogP contribution in [0.4, 0.5) is 23.2 Å². The van der Waals surface area contributed by atoms with Crippen molar-refractivity contribution in [1.29, 1.82) is 0 Å². The van der Waals surface area contributed by atoms with Gasteiger partial charge in [0.25, 0.3) is 10.0 Å². The number of benzene rings is 2. The van der Waals surface area contributed by atoms with Gasteiger partial charge in [-0.05, 0) is 54.8 Å². The average Bonchev–Trinajstić information content (AvgIpc) is 3.00. The summed E-state index contributed by atoms with van der Waals surface area (Å²) in [4.78, 5) is 25.7. The van der Waals surface area contributed by atoms with Crippen LogP contribution in [0.3, 0.4) is 0 Å². The number of anilines is 1. The van der Waals surface area contributed by atoms with Crippen molar-refractivity contribution in [3.05, 3.63) is 76.2 Å².